The van der Waals surface area contributed by atoms with Gasteiger partial charge < -0.3 is 15.0 Å². The largest absolute Gasteiger partial charge is 0.495 e. The molecule has 0 aliphatic heterocycles. The number of aryl methyl sites for hydroxylation is 2. The molecule has 1 N–H and O–H groups in total. The van der Waals surface area contributed by atoms with Crippen LogP contribution in [0.1, 0.15) is 50.8 Å². The van der Waals surface area contributed by atoms with Crippen molar-refractivity contribution in [2.24, 2.45) is 0 Å². The Labute approximate surface area is 215 Å². The molecule has 1 atom stereocenters. The van der Waals surface area contributed by atoms with Crippen molar-refractivity contribution in [3.05, 3.63) is 59.2 Å². The van der Waals surface area contributed by atoms with E-state index in [0.29, 0.717) is 12.2 Å². The number of carbonyl (C=O) groups is 2. The van der Waals surface area contributed by atoms with E-state index in [1.807, 2.05) is 65.8 Å². The standard InChI is InChI=1S/C27H39N3O5S/c1-9-22(26(32)28-27(4,5)6)29(17-21-12-10-11-19(2)15-21)25(31)18-30(36(8,33)34)23-16-20(3)13-14-24(23)35-7/h10-16,22H,9,17-18H2,1-8H3,(H,28,32)/t22-/m0/s1. The number of anilines is 1. The van der Waals surface area contributed by atoms with Gasteiger partial charge in [-0.05, 0) is 64.3 Å². The molecule has 0 aromatic heterocycles. The maximum Gasteiger partial charge on any atom is 0.244 e. The monoisotopic (exact) mass is 517 g/mol. The first-order chi connectivity index (χ1) is 16.7. The van der Waals surface area contributed by atoms with Crippen LogP contribution in [0, 0.1) is 13.8 Å². The number of rotatable bonds is 10. The van der Waals surface area contributed by atoms with E-state index >= 15 is 0 Å². The number of amides is 2. The number of benzene rings is 2. The van der Waals surface area contributed by atoms with Gasteiger partial charge in [0.05, 0.1) is 19.1 Å². The van der Waals surface area contributed by atoms with E-state index in [0.717, 1.165) is 27.3 Å². The zero-order valence-electron chi connectivity index (χ0n) is 22.6. The number of nitrogens with one attached hydrogen (secondary N) is 1. The smallest absolute Gasteiger partial charge is 0.244 e. The highest BCUT2D eigenvalue weighted by Gasteiger charge is 2.33. The molecule has 198 valence electrons. The number of hydrogen-bond donors (Lipinski definition) is 1. The Kier molecular flexibility index (Phi) is 9.54. The minimum Gasteiger partial charge on any atom is -0.495 e. The van der Waals surface area contributed by atoms with Crippen LogP contribution in [0.5, 0.6) is 5.75 Å². The van der Waals surface area contributed by atoms with Gasteiger partial charge >= 0.3 is 0 Å². The maximum absolute atomic E-state index is 13.8. The molecular weight excluding hydrogens is 478 g/mol. The summed E-state index contributed by atoms with van der Waals surface area (Å²) in [6, 6.07) is 12.0. The number of sulfonamides is 1. The molecule has 0 saturated heterocycles. The topological polar surface area (TPSA) is 96.0 Å². The van der Waals surface area contributed by atoms with E-state index in [1.165, 1.54) is 12.0 Å². The van der Waals surface area contributed by atoms with Crippen molar-refractivity contribution < 1.29 is 22.7 Å². The molecule has 0 radical (unpaired) electrons. The summed E-state index contributed by atoms with van der Waals surface area (Å²) in [7, 11) is -2.40. The minimum absolute atomic E-state index is 0.166. The molecule has 2 amide bonds. The maximum atomic E-state index is 13.8. The van der Waals surface area contributed by atoms with E-state index in [-0.39, 0.29) is 18.1 Å². The summed E-state index contributed by atoms with van der Waals surface area (Å²) >= 11 is 0. The van der Waals surface area contributed by atoms with E-state index < -0.39 is 34.1 Å². The summed E-state index contributed by atoms with van der Waals surface area (Å²) in [6.07, 6.45) is 1.42. The summed E-state index contributed by atoms with van der Waals surface area (Å²) in [5.74, 6) is -0.437. The number of hydrogen-bond acceptors (Lipinski definition) is 5. The van der Waals surface area contributed by atoms with E-state index in [1.54, 1.807) is 18.2 Å². The normalized spacial score (nSPS) is 12.6. The molecule has 2 aromatic carbocycles. The molecule has 0 aliphatic carbocycles. The third-order valence-electron chi connectivity index (χ3n) is 5.60. The van der Waals surface area contributed by atoms with Crippen LogP contribution in [-0.4, -0.2) is 56.6 Å². The summed E-state index contributed by atoms with van der Waals surface area (Å²) in [5, 5.41) is 2.96. The van der Waals surface area contributed by atoms with Crippen LogP contribution >= 0.6 is 0 Å². The molecule has 0 fully saturated rings. The molecule has 0 bridgehead atoms. The minimum atomic E-state index is -3.85. The first-order valence-electron chi connectivity index (χ1n) is 12.0. The van der Waals surface area contributed by atoms with Gasteiger partial charge in [0.2, 0.25) is 21.8 Å². The predicted molar refractivity (Wildman–Crippen MR) is 144 cm³/mol. The van der Waals surface area contributed by atoms with Gasteiger partial charge in [-0.15, -0.1) is 0 Å². The highest BCUT2D eigenvalue weighted by Crippen LogP contribution is 2.31. The fraction of sp³-hybridized carbons (Fsp3) is 0.481. The molecule has 2 aromatic rings. The number of methoxy groups -OCH3 is 1. The van der Waals surface area contributed by atoms with Crippen molar-refractivity contribution >= 4 is 27.5 Å². The van der Waals surface area contributed by atoms with Crippen molar-refractivity contribution in [2.75, 3.05) is 24.2 Å². The van der Waals surface area contributed by atoms with Crippen molar-refractivity contribution in [3.63, 3.8) is 0 Å². The average Bonchev–Trinajstić information content (AvgIpc) is 2.75. The summed E-state index contributed by atoms with van der Waals surface area (Å²) in [6.45, 7) is 10.9. The quantitative estimate of drug-likeness (QED) is 0.517. The second-order valence-electron chi connectivity index (χ2n) is 10.1. The van der Waals surface area contributed by atoms with Crippen LogP contribution in [0.15, 0.2) is 42.5 Å². The highest BCUT2D eigenvalue weighted by molar-refractivity contribution is 7.92. The van der Waals surface area contributed by atoms with Crippen molar-refractivity contribution in [1.29, 1.82) is 0 Å². The van der Waals surface area contributed by atoms with E-state index in [4.69, 9.17) is 4.74 Å². The second-order valence-corrected chi connectivity index (χ2v) is 12.0. The first-order valence-corrected chi connectivity index (χ1v) is 13.8. The lowest BCUT2D eigenvalue weighted by atomic mass is 10.0. The predicted octanol–water partition coefficient (Wildman–Crippen LogP) is 3.80. The van der Waals surface area contributed by atoms with E-state index in [9.17, 15) is 18.0 Å². The van der Waals surface area contributed by atoms with Gasteiger partial charge in [-0.3, -0.25) is 13.9 Å². The zero-order valence-corrected chi connectivity index (χ0v) is 23.4. The highest BCUT2D eigenvalue weighted by atomic mass is 32.2. The fourth-order valence-electron chi connectivity index (χ4n) is 3.97. The third kappa shape index (κ3) is 7.98. The van der Waals surface area contributed by atoms with Crippen LogP contribution in [-0.2, 0) is 26.2 Å². The van der Waals surface area contributed by atoms with Crippen LogP contribution in [0.2, 0.25) is 0 Å². The van der Waals surface area contributed by atoms with Gasteiger partial charge in [0.1, 0.15) is 18.3 Å². The molecule has 2 rings (SSSR count). The molecule has 0 aliphatic rings. The Hall–Kier alpha value is -3.07. The Balaban J connectivity index is 2.53. The molecule has 0 heterocycles. The molecule has 0 unspecified atom stereocenters. The molecule has 8 nitrogen and oxygen atoms in total. The summed E-state index contributed by atoms with van der Waals surface area (Å²) < 4.78 is 32.1. The van der Waals surface area contributed by atoms with Crippen LogP contribution in [0.4, 0.5) is 5.69 Å². The second kappa shape index (κ2) is 11.8. The van der Waals surface area contributed by atoms with Gasteiger partial charge in [0.15, 0.2) is 0 Å². The van der Waals surface area contributed by atoms with Gasteiger partial charge in [-0.1, -0.05) is 42.8 Å². The lowest BCUT2D eigenvalue weighted by Crippen LogP contribution is -2.55. The van der Waals surface area contributed by atoms with E-state index in [2.05, 4.69) is 5.32 Å². The number of ether oxygens (including phenoxy) is 1. The number of nitrogens with zero attached hydrogens (tertiary/aromatic N) is 2. The summed E-state index contributed by atoms with van der Waals surface area (Å²) in [4.78, 5) is 28.5. The van der Waals surface area contributed by atoms with Gasteiger partial charge in [-0.25, -0.2) is 8.42 Å². The lowest BCUT2D eigenvalue weighted by Gasteiger charge is -2.34. The molecule has 36 heavy (non-hydrogen) atoms. The lowest BCUT2D eigenvalue weighted by molar-refractivity contribution is -0.141. The van der Waals surface area contributed by atoms with Gasteiger partial charge in [-0.2, -0.15) is 0 Å². The van der Waals surface area contributed by atoms with Gasteiger partial charge in [0.25, 0.3) is 0 Å². The third-order valence-corrected chi connectivity index (χ3v) is 6.73. The number of carbonyl (C=O) groups excluding carboxylic acids is 2. The first kappa shape index (κ1) is 29.2. The van der Waals surface area contributed by atoms with Crippen molar-refractivity contribution in [1.82, 2.24) is 10.2 Å². The Morgan fingerprint density at radius 3 is 2.22 bits per heavy atom. The van der Waals surface area contributed by atoms with Crippen LogP contribution < -0.4 is 14.4 Å². The van der Waals surface area contributed by atoms with Crippen molar-refractivity contribution in [2.45, 2.75) is 66.1 Å². The van der Waals surface area contributed by atoms with Crippen LogP contribution in [0.25, 0.3) is 0 Å². The molecule has 0 saturated carbocycles. The Bertz CT molecular complexity index is 1190. The van der Waals surface area contributed by atoms with Crippen LogP contribution in [0.3, 0.4) is 0 Å². The average molecular weight is 518 g/mol. The Morgan fingerprint density at radius 2 is 1.69 bits per heavy atom. The van der Waals surface area contributed by atoms with Gasteiger partial charge in [0, 0.05) is 12.1 Å². The zero-order chi connectivity index (χ0) is 27.3. The van der Waals surface area contributed by atoms with Crippen molar-refractivity contribution in [3.8, 4) is 5.75 Å². The fourth-order valence-corrected chi connectivity index (χ4v) is 4.81. The molecule has 9 heteroatoms. The SMILES string of the molecule is CC[C@@H](C(=O)NC(C)(C)C)N(Cc1cccc(C)c1)C(=O)CN(c1cc(C)ccc1OC)S(C)(=O)=O. The Morgan fingerprint density at radius 1 is 1.06 bits per heavy atom. The molecule has 0 spiro atoms. The molecular formula is C27H39N3O5S. The summed E-state index contributed by atoms with van der Waals surface area (Å²) in [5.41, 5.74) is 2.48.